The van der Waals surface area contributed by atoms with E-state index in [1.807, 2.05) is 0 Å². The smallest absolute Gasteiger partial charge is 0.312 e. The maximum Gasteiger partial charge on any atom is 0.312 e. The largest absolute Gasteiger partial charge is 0.505 e. The predicted molar refractivity (Wildman–Crippen MR) is 119 cm³/mol. The van der Waals surface area contributed by atoms with Crippen LogP contribution in [0.3, 0.4) is 0 Å². The molecule has 0 aliphatic heterocycles. The summed E-state index contributed by atoms with van der Waals surface area (Å²) in [6.07, 6.45) is 0. The van der Waals surface area contributed by atoms with Crippen molar-refractivity contribution < 1.29 is 5.11 Å². The molecule has 0 saturated heterocycles. The molecule has 0 radical (unpaired) electrons. The van der Waals surface area contributed by atoms with Crippen molar-refractivity contribution in [2.45, 2.75) is 0 Å². The normalized spacial score (nSPS) is 11.3. The average Bonchev–Trinajstić information content (AvgIpc) is 2.53. The van der Waals surface area contributed by atoms with E-state index in [0.717, 1.165) is 0 Å². The van der Waals surface area contributed by atoms with E-state index in [9.17, 15) is 5.11 Å². The van der Waals surface area contributed by atoms with Crippen LogP contribution in [0.4, 0.5) is 0 Å². The van der Waals surface area contributed by atoms with Gasteiger partial charge in [0.05, 0.1) is 15.1 Å². The first-order chi connectivity index (χ1) is 11.7. The summed E-state index contributed by atoms with van der Waals surface area (Å²) in [6, 6.07) is 0. The van der Waals surface area contributed by atoms with Gasteiger partial charge in [-0.2, -0.15) is 0 Å². The number of phenols is 1. The molecule has 0 spiro atoms. The third-order valence-electron chi connectivity index (χ3n) is 3.57. The average molecular weight is 464 g/mol. The summed E-state index contributed by atoms with van der Waals surface area (Å²) in [7, 11) is 16.9. The lowest BCUT2D eigenvalue weighted by Crippen LogP contribution is -2.67. The molecule has 0 bridgehead atoms. The van der Waals surface area contributed by atoms with Gasteiger partial charge in [-0.3, -0.25) is 0 Å². The van der Waals surface area contributed by atoms with Crippen LogP contribution in [-0.2, 0) is 0 Å². The summed E-state index contributed by atoms with van der Waals surface area (Å²) >= 11 is 27.9. The van der Waals surface area contributed by atoms with Crippen molar-refractivity contribution in [1.82, 2.24) is 19.2 Å². The number of halogens is 5. The van der Waals surface area contributed by atoms with Crippen LogP contribution in [0.1, 0.15) is 0 Å². The second kappa shape index (κ2) is 11.4. The summed E-state index contributed by atoms with van der Waals surface area (Å²) in [5, 5.41) is 9.01. The minimum absolute atomic E-state index is 0.00904. The van der Waals surface area contributed by atoms with Crippen molar-refractivity contribution in [2.24, 2.45) is 0 Å². The monoisotopic (exact) mass is 462 g/mol. The maximum atomic E-state index is 9.20. The minimum Gasteiger partial charge on any atom is -0.505 e. The Bertz CT molecular complexity index is 466. The van der Waals surface area contributed by atoms with Gasteiger partial charge < -0.3 is 24.4 Å². The van der Waals surface area contributed by atoms with Gasteiger partial charge in [-0.05, 0) is 56.4 Å². The molecule has 1 aromatic rings. The van der Waals surface area contributed by atoms with Crippen LogP contribution in [0, 0.1) is 0 Å². The van der Waals surface area contributed by atoms with E-state index >= 15 is 0 Å². The van der Waals surface area contributed by atoms with Crippen LogP contribution < -0.4 is 0 Å². The Balaban J connectivity index is 0.000000485. The van der Waals surface area contributed by atoms with E-state index in [0.29, 0.717) is 13.7 Å². The number of aromatic hydroxyl groups is 1. The Kier molecular flexibility index (Phi) is 11.6. The Hall–Kier alpha value is 0.440. The van der Waals surface area contributed by atoms with Gasteiger partial charge in [0.1, 0.15) is 10.0 Å². The summed E-state index contributed by atoms with van der Waals surface area (Å²) in [5.41, 5.74) is 0. The Labute approximate surface area is 182 Å². The van der Waals surface area contributed by atoms with Gasteiger partial charge in [0.2, 0.25) is 0 Å². The molecule has 0 unspecified atom stereocenters. The molecular weight excluding hydrogens is 439 g/mol. The fourth-order valence-corrected chi connectivity index (χ4v) is 3.71. The van der Waals surface area contributed by atoms with E-state index in [-0.39, 0.29) is 30.9 Å². The fourth-order valence-electron chi connectivity index (χ4n) is 2.58. The number of hydrogen-bond acceptors (Lipinski definition) is 5. The van der Waals surface area contributed by atoms with Crippen LogP contribution in [0.25, 0.3) is 0 Å². The maximum absolute atomic E-state index is 9.20. The molecule has 5 nitrogen and oxygen atoms in total. The van der Waals surface area contributed by atoms with Gasteiger partial charge in [-0.15, -0.1) is 0 Å². The summed E-state index contributed by atoms with van der Waals surface area (Å²) in [5.74, 6) is -0.363. The first-order valence-electron chi connectivity index (χ1n) is 7.61. The highest BCUT2D eigenvalue weighted by atomic mass is 35.5. The first-order valence-corrected chi connectivity index (χ1v) is 9.50. The zero-order valence-corrected chi connectivity index (χ0v) is 20.1. The van der Waals surface area contributed by atoms with Gasteiger partial charge in [0, 0.05) is 0 Å². The van der Waals surface area contributed by atoms with Crippen molar-refractivity contribution in [3.8, 4) is 5.75 Å². The van der Waals surface area contributed by atoms with Gasteiger partial charge in [-0.1, -0.05) is 58.0 Å². The Morgan fingerprint density at radius 1 is 0.500 bits per heavy atom. The summed E-state index contributed by atoms with van der Waals surface area (Å²) in [4.78, 5) is 8.96. The summed E-state index contributed by atoms with van der Waals surface area (Å²) < 4.78 is 0. The molecule has 0 atom stereocenters. The van der Waals surface area contributed by atoms with Gasteiger partial charge in [-0.25, -0.2) is 0 Å². The SMILES string of the molecule is CN(C)B(B(N(C)C)N(C)C)N(C)C.Oc1c(Cl)c(Cl)c(Cl)c(Cl)c1Cl. The van der Waals surface area contributed by atoms with E-state index < -0.39 is 0 Å². The predicted octanol–water partition coefficient (Wildman–Crippen LogP) is 3.95. The standard InChI is InChI=1S/C8H24B2N4.C6HCl5O/c1-11(2)9(12(3)4)10(13(5)6)14(7)8;7-1-2(8)4(10)6(12)5(11)3(1)9/h1-8H3;12H. The molecule has 0 fully saturated rings. The highest BCUT2D eigenvalue weighted by molar-refractivity contribution is 7.17. The molecule has 0 aromatic heterocycles. The van der Waals surface area contributed by atoms with Crippen molar-refractivity contribution in [3.63, 3.8) is 0 Å². The van der Waals surface area contributed by atoms with Gasteiger partial charge in [0.25, 0.3) is 0 Å². The molecule has 0 heterocycles. The quantitative estimate of drug-likeness (QED) is 0.406. The van der Waals surface area contributed by atoms with Crippen molar-refractivity contribution in [3.05, 3.63) is 25.1 Å². The van der Waals surface area contributed by atoms with E-state index in [4.69, 9.17) is 58.0 Å². The first kappa shape index (κ1) is 26.4. The van der Waals surface area contributed by atoms with E-state index in [1.165, 1.54) is 0 Å². The number of nitrogens with zero attached hydrogens (tertiary/aromatic N) is 4. The molecule has 26 heavy (non-hydrogen) atoms. The van der Waals surface area contributed by atoms with Gasteiger partial charge >= 0.3 is 13.7 Å². The number of benzene rings is 1. The molecule has 148 valence electrons. The molecule has 12 heteroatoms. The number of phenolic OH excluding ortho intramolecular Hbond substituents is 1. The fraction of sp³-hybridized carbons (Fsp3) is 0.571. The van der Waals surface area contributed by atoms with E-state index in [1.54, 1.807) is 0 Å². The summed E-state index contributed by atoms with van der Waals surface area (Å²) in [6.45, 7) is 0.778. The van der Waals surface area contributed by atoms with Crippen molar-refractivity contribution in [2.75, 3.05) is 56.4 Å². The van der Waals surface area contributed by atoms with Crippen molar-refractivity contribution in [1.29, 1.82) is 0 Å². The molecule has 1 N–H and O–H groups in total. The Morgan fingerprint density at radius 3 is 0.885 bits per heavy atom. The van der Waals surface area contributed by atoms with Gasteiger partial charge in [0.15, 0.2) is 5.75 Å². The second-order valence-electron chi connectivity index (χ2n) is 6.60. The van der Waals surface area contributed by atoms with E-state index in [2.05, 4.69) is 75.6 Å². The van der Waals surface area contributed by atoms with Crippen LogP contribution >= 0.6 is 58.0 Å². The zero-order valence-electron chi connectivity index (χ0n) is 16.3. The molecule has 0 aliphatic carbocycles. The van der Waals surface area contributed by atoms with Crippen LogP contribution in [-0.4, -0.2) is 94.5 Å². The molecule has 1 aromatic carbocycles. The highest BCUT2D eigenvalue weighted by Gasteiger charge is 2.38. The van der Waals surface area contributed by atoms with Crippen LogP contribution in [0.5, 0.6) is 5.75 Å². The molecule has 1 rings (SSSR count). The molecule has 0 amide bonds. The second-order valence-corrected chi connectivity index (χ2v) is 8.49. The highest BCUT2D eigenvalue weighted by Crippen LogP contribution is 2.47. The lowest BCUT2D eigenvalue weighted by Gasteiger charge is -2.37. The number of hydrogen-bond donors (Lipinski definition) is 1. The van der Waals surface area contributed by atoms with Crippen molar-refractivity contribution >= 4 is 71.8 Å². The molecule has 0 aliphatic rings. The Morgan fingerprint density at radius 2 is 0.692 bits per heavy atom. The minimum atomic E-state index is -0.363. The lowest BCUT2D eigenvalue weighted by molar-refractivity contribution is 0.476. The molecule has 0 saturated carbocycles. The van der Waals surface area contributed by atoms with Crippen LogP contribution in [0.15, 0.2) is 0 Å². The third-order valence-corrected chi connectivity index (χ3v) is 5.83. The zero-order chi connectivity index (χ0) is 20.9. The topological polar surface area (TPSA) is 33.2 Å². The number of rotatable bonds is 5. The molecular formula is C14H25B2Cl5N4O. The lowest BCUT2D eigenvalue weighted by atomic mass is 9.31. The third kappa shape index (κ3) is 6.80. The van der Waals surface area contributed by atoms with Crippen LogP contribution in [0.2, 0.25) is 25.1 Å².